The molecule has 3 rings (SSSR count). The minimum absolute atomic E-state index is 0.0534. The number of ether oxygens (including phenoxy) is 1. The highest BCUT2D eigenvalue weighted by Crippen LogP contribution is 2.27. The Balaban J connectivity index is 1.69. The number of nitrogens with zero attached hydrogens (tertiary/aromatic N) is 1. The second-order valence-corrected chi connectivity index (χ2v) is 6.88. The maximum Gasteiger partial charge on any atom is 0.321 e. The van der Waals surface area contributed by atoms with Gasteiger partial charge in [-0.25, -0.2) is 4.79 Å². The lowest BCUT2D eigenvalue weighted by atomic mass is 9.95. The number of rotatable bonds is 2. The summed E-state index contributed by atoms with van der Waals surface area (Å²) in [5, 5.41) is 5.88. The minimum atomic E-state index is -0.270. The first kappa shape index (κ1) is 16.8. The third-order valence-corrected chi connectivity index (χ3v) is 4.92. The van der Waals surface area contributed by atoms with E-state index in [1.54, 1.807) is 12.0 Å². The summed E-state index contributed by atoms with van der Waals surface area (Å²) in [5.74, 6) is 0.0534. The summed E-state index contributed by atoms with van der Waals surface area (Å²) in [5.41, 5.74) is 2.41. The predicted octanol–water partition coefficient (Wildman–Crippen LogP) is 2.99. The van der Waals surface area contributed by atoms with Crippen LogP contribution in [0, 0.1) is 0 Å². The number of urea groups is 1. The van der Waals surface area contributed by atoms with Crippen LogP contribution in [0.4, 0.5) is 16.2 Å². The molecule has 6 heteroatoms. The van der Waals surface area contributed by atoms with Gasteiger partial charge in [0, 0.05) is 31.5 Å². The van der Waals surface area contributed by atoms with Crippen molar-refractivity contribution in [2.75, 3.05) is 30.8 Å². The van der Waals surface area contributed by atoms with Crippen molar-refractivity contribution in [1.29, 1.82) is 0 Å². The van der Waals surface area contributed by atoms with Crippen LogP contribution in [0.25, 0.3) is 0 Å². The van der Waals surface area contributed by atoms with Crippen LogP contribution in [0.15, 0.2) is 18.2 Å². The number of carbonyl (C=O) groups excluding carboxylic acids is 2. The summed E-state index contributed by atoms with van der Waals surface area (Å²) in [6.45, 7) is 3.37. The van der Waals surface area contributed by atoms with Gasteiger partial charge in [0.25, 0.3) is 0 Å². The summed E-state index contributed by atoms with van der Waals surface area (Å²) in [6.07, 6.45) is 4.11. The molecule has 3 amide bonds. The van der Waals surface area contributed by atoms with Crippen molar-refractivity contribution in [3.63, 3.8) is 0 Å². The molecule has 1 saturated heterocycles. The van der Waals surface area contributed by atoms with Gasteiger partial charge >= 0.3 is 6.03 Å². The van der Waals surface area contributed by atoms with E-state index in [1.165, 1.54) is 0 Å². The number of hydrogen-bond donors (Lipinski definition) is 2. The normalized spacial score (nSPS) is 23.9. The van der Waals surface area contributed by atoms with Crippen LogP contribution in [0.3, 0.4) is 0 Å². The number of likely N-dealkylation sites (tertiary alicyclic amines) is 1. The highest BCUT2D eigenvalue weighted by molar-refractivity contribution is 5.94. The molecule has 2 N–H and O–H groups in total. The lowest BCUT2D eigenvalue weighted by Crippen LogP contribution is -2.50. The topological polar surface area (TPSA) is 70.7 Å². The van der Waals surface area contributed by atoms with E-state index in [-0.39, 0.29) is 17.5 Å². The summed E-state index contributed by atoms with van der Waals surface area (Å²) < 4.78 is 5.55. The number of carbonyl (C=O) groups is 2. The van der Waals surface area contributed by atoms with Crippen LogP contribution in [0.1, 0.15) is 38.2 Å². The molecule has 24 heavy (non-hydrogen) atoms. The first-order chi connectivity index (χ1) is 11.5. The van der Waals surface area contributed by atoms with Crippen molar-refractivity contribution >= 4 is 23.3 Å². The van der Waals surface area contributed by atoms with Gasteiger partial charge in [0.1, 0.15) is 0 Å². The average molecular weight is 331 g/mol. The molecule has 0 aliphatic carbocycles. The molecule has 1 aromatic rings. The molecule has 0 bridgehead atoms. The molecule has 130 valence electrons. The number of anilines is 2. The highest BCUT2D eigenvalue weighted by Gasteiger charge is 2.33. The SMILES string of the molecule is CO[C@@]1(C)CCCN(C(=O)Nc2ccc3c(c2)CCCC(=O)N3)C1. The Morgan fingerprint density at radius 1 is 1.33 bits per heavy atom. The van der Waals surface area contributed by atoms with E-state index in [0.717, 1.165) is 49.2 Å². The quantitative estimate of drug-likeness (QED) is 0.875. The van der Waals surface area contributed by atoms with Gasteiger partial charge in [-0.2, -0.15) is 0 Å². The van der Waals surface area contributed by atoms with Crippen LogP contribution in [-0.2, 0) is 16.0 Å². The van der Waals surface area contributed by atoms with Crippen molar-refractivity contribution in [2.24, 2.45) is 0 Å². The molecule has 1 fully saturated rings. The van der Waals surface area contributed by atoms with E-state index in [0.29, 0.717) is 13.0 Å². The third kappa shape index (κ3) is 3.70. The lowest BCUT2D eigenvalue weighted by molar-refractivity contribution is -0.116. The molecule has 1 atom stereocenters. The first-order valence-corrected chi connectivity index (χ1v) is 8.53. The molecule has 0 spiro atoms. The van der Waals surface area contributed by atoms with Gasteiger partial charge in [-0.1, -0.05) is 0 Å². The summed E-state index contributed by atoms with van der Waals surface area (Å²) in [4.78, 5) is 26.0. The molecule has 1 aromatic carbocycles. The molecule has 0 radical (unpaired) electrons. The molecular formula is C18H25N3O3. The number of aryl methyl sites for hydroxylation is 1. The molecule has 0 unspecified atom stereocenters. The Kier molecular flexibility index (Phi) is 4.76. The fourth-order valence-electron chi connectivity index (χ4n) is 3.40. The van der Waals surface area contributed by atoms with Gasteiger partial charge in [-0.15, -0.1) is 0 Å². The van der Waals surface area contributed by atoms with Crippen molar-refractivity contribution in [1.82, 2.24) is 4.90 Å². The monoisotopic (exact) mass is 331 g/mol. The smallest absolute Gasteiger partial charge is 0.321 e. The van der Waals surface area contributed by atoms with Gasteiger partial charge in [-0.3, -0.25) is 4.79 Å². The molecule has 0 saturated carbocycles. The van der Waals surface area contributed by atoms with Crippen LogP contribution >= 0.6 is 0 Å². The lowest BCUT2D eigenvalue weighted by Gasteiger charge is -2.39. The summed E-state index contributed by atoms with van der Waals surface area (Å²) in [7, 11) is 1.70. The number of piperidine rings is 1. The van der Waals surface area contributed by atoms with Gasteiger partial charge < -0.3 is 20.3 Å². The number of nitrogens with one attached hydrogen (secondary N) is 2. The number of fused-ring (bicyclic) bond motifs is 1. The molecule has 2 heterocycles. The second-order valence-electron chi connectivity index (χ2n) is 6.88. The van der Waals surface area contributed by atoms with E-state index in [4.69, 9.17) is 4.74 Å². The summed E-state index contributed by atoms with van der Waals surface area (Å²) >= 11 is 0. The molecule has 2 aliphatic rings. The average Bonchev–Trinajstić information content (AvgIpc) is 2.75. The minimum Gasteiger partial charge on any atom is -0.377 e. The maximum absolute atomic E-state index is 12.5. The molecule has 6 nitrogen and oxygen atoms in total. The highest BCUT2D eigenvalue weighted by atomic mass is 16.5. The van der Waals surface area contributed by atoms with Gasteiger partial charge in [0.15, 0.2) is 0 Å². The molecule has 0 aromatic heterocycles. The van der Waals surface area contributed by atoms with E-state index in [9.17, 15) is 9.59 Å². The zero-order valence-electron chi connectivity index (χ0n) is 14.4. The number of benzene rings is 1. The van der Waals surface area contributed by atoms with Gasteiger partial charge in [0.05, 0.1) is 12.1 Å². The van der Waals surface area contributed by atoms with Gasteiger partial charge in [-0.05, 0) is 56.4 Å². The van der Waals surface area contributed by atoms with Crippen LogP contribution in [-0.4, -0.2) is 42.6 Å². The Morgan fingerprint density at radius 3 is 2.96 bits per heavy atom. The van der Waals surface area contributed by atoms with Gasteiger partial charge in [0.2, 0.25) is 5.91 Å². The van der Waals surface area contributed by atoms with Crippen LogP contribution in [0.2, 0.25) is 0 Å². The fourth-order valence-corrected chi connectivity index (χ4v) is 3.40. The van der Waals surface area contributed by atoms with Crippen molar-refractivity contribution in [3.8, 4) is 0 Å². The van der Waals surface area contributed by atoms with E-state index >= 15 is 0 Å². The Labute approximate surface area is 142 Å². The largest absolute Gasteiger partial charge is 0.377 e. The van der Waals surface area contributed by atoms with E-state index < -0.39 is 0 Å². The Bertz CT molecular complexity index is 646. The fraction of sp³-hybridized carbons (Fsp3) is 0.556. The van der Waals surface area contributed by atoms with Crippen LogP contribution in [0.5, 0.6) is 0 Å². The maximum atomic E-state index is 12.5. The van der Waals surface area contributed by atoms with Crippen molar-refractivity contribution in [3.05, 3.63) is 23.8 Å². The third-order valence-electron chi connectivity index (χ3n) is 4.92. The Hall–Kier alpha value is -2.08. The zero-order chi connectivity index (χ0) is 17.2. The van der Waals surface area contributed by atoms with Crippen molar-refractivity contribution in [2.45, 2.75) is 44.6 Å². The number of methoxy groups -OCH3 is 1. The molecule has 2 aliphatic heterocycles. The van der Waals surface area contributed by atoms with Crippen molar-refractivity contribution < 1.29 is 14.3 Å². The van der Waals surface area contributed by atoms with Crippen LogP contribution < -0.4 is 10.6 Å². The van der Waals surface area contributed by atoms with E-state index in [2.05, 4.69) is 10.6 Å². The number of amides is 3. The zero-order valence-corrected chi connectivity index (χ0v) is 14.4. The summed E-state index contributed by atoms with van der Waals surface area (Å²) in [6, 6.07) is 5.56. The second kappa shape index (κ2) is 6.81. The number of hydrogen-bond acceptors (Lipinski definition) is 3. The molecular weight excluding hydrogens is 306 g/mol. The standard InChI is InChI=1S/C18H25N3O3/c1-18(24-2)9-4-10-21(12-18)17(23)19-14-7-8-15-13(11-14)5-3-6-16(22)20-15/h7-8,11H,3-6,9-10,12H2,1-2H3,(H,19,23)(H,20,22)/t18-/m0/s1. The Morgan fingerprint density at radius 2 is 2.17 bits per heavy atom. The van der Waals surface area contributed by atoms with E-state index in [1.807, 2.05) is 25.1 Å². The predicted molar refractivity (Wildman–Crippen MR) is 93.2 cm³/mol. The first-order valence-electron chi connectivity index (χ1n) is 8.53.